The second-order valence-electron chi connectivity index (χ2n) is 6.79. The fraction of sp³-hybridized carbons (Fsp3) is 0.238. The normalized spacial score (nSPS) is 12.0. The van der Waals surface area contributed by atoms with Crippen LogP contribution >= 0.6 is 0 Å². The standard InChI is InChI=1S/C21H20FN3O3/c1-13-4-6-17(7-5-13)21(26)19(16-8-10-18(22)11-9-16)12-24-15(3)20(25(27)28)14(2)23-24/h4-11,19H,12H2,1-3H3/t19-/m0/s1. The zero-order valence-electron chi connectivity index (χ0n) is 15.8. The molecule has 3 rings (SSSR count). The number of Topliss-reactive ketones (excluding diaryl/α,β-unsaturated/α-hetero) is 1. The van der Waals surface area contributed by atoms with Crippen molar-refractivity contribution in [3.05, 3.63) is 92.5 Å². The molecule has 0 aliphatic carbocycles. The van der Waals surface area contributed by atoms with Crippen molar-refractivity contribution in [2.45, 2.75) is 33.2 Å². The van der Waals surface area contributed by atoms with Gasteiger partial charge in [-0.05, 0) is 38.5 Å². The number of nitro groups is 1. The summed E-state index contributed by atoms with van der Waals surface area (Å²) < 4.78 is 14.9. The third-order valence-corrected chi connectivity index (χ3v) is 4.81. The van der Waals surface area contributed by atoms with E-state index in [1.807, 2.05) is 19.1 Å². The summed E-state index contributed by atoms with van der Waals surface area (Å²) in [6, 6.07) is 12.9. The Labute approximate surface area is 161 Å². The topological polar surface area (TPSA) is 78.0 Å². The maximum atomic E-state index is 13.4. The highest BCUT2D eigenvalue weighted by molar-refractivity contribution is 6.01. The van der Waals surface area contributed by atoms with E-state index in [4.69, 9.17) is 0 Å². The number of nitrogens with zero attached hydrogens (tertiary/aromatic N) is 3. The van der Waals surface area contributed by atoms with Gasteiger partial charge in [0.2, 0.25) is 0 Å². The van der Waals surface area contributed by atoms with Gasteiger partial charge in [0.05, 0.1) is 17.4 Å². The van der Waals surface area contributed by atoms with Crippen LogP contribution in [0.2, 0.25) is 0 Å². The maximum absolute atomic E-state index is 13.4. The van der Waals surface area contributed by atoms with Crippen LogP contribution in [0.15, 0.2) is 48.5 Å². The molecule has 2 aromatic carbocycles. The van der Waals surface area contributed by atoms with Crippen LogP contribution in [0.4, 0.5) is 10.1 Å². The zero-order chi connectivity index (χ0) is 20.4. The highest BCUT2D eigenvalue weighted by atomic mass is 19.1. The molecule has 0 aliphatic rings. The molecule has 0 fully saturated rings. The fourth-order valence-electron chi connectivity index (χ4n) is 3.26. The van der Waals surface area contributed by atoms with Crippen LogP contribution in [0.25, 0.3) is 0 Å². The first-order chi connectivity index (χ1) is 13.3. The molecule has 3 aromatic rings. The molecule has 7 heteroatoms. The Bertz CT molecular complexity index is 1020. The molecule has 0 bridgehead atoms. The first kappa shape index (κ1) is 19.4. The zero-order valence-corrected chi connectivity index (χ0v) is 15.8. The molecule has 28 heavy (non-hydrogen) atoms. The number of carbonyl (C=O) groups excluding carboxylic acids is 1. The SMILES string of the molecule is Cc1ccc(C(=O)[C@@H](Cn2nc(C)c([N+](=O)[O-])c2C)c2ccc(F)cc2)cc1. The molecule has 0 N–H and O–H groups in total. The number of ketones is 1. The van der Waals surface area contributed by atoms with Gasteiger partial charge in [0.25, 0.3) is 0 Å². The van der Waals surface area contributed by atoms with E-state index in [1.54, 1.807) is 38.1 Å². The lowest BCUT2D eigenvalue weighted by atomic mass is 9.90. The molecule has 1 atom stereocenters. The van der Waals surface area contributed by atoms with E-state index in [-0.39, 0.29) is 18.0 Å². The Balaban J connectivity index is 2.03. The third-order valence-electron chi connectivity index (χ3n) is 4.81. The second kappa shape index (κ2) is 7.72. The monoisotopic (exact) mass is 381 g/mol. The van der Waals surface area contributed by atoms with Gasteiger partial charge < -0.3 is 0 Å². The smallest absolute Gasteiger partial charge is 0.293 e. The van der Waals surface area contributed by atoms with Gasteiger partial charge in [-0.25, -0.2) is 4.39 Å². The van der Waals surface area contributed by atoms with Gasteiger partial charge in [-0.2, -0.15) is 5.10 Å². The lowest BCUT2D eigenvalue weighted by molar-refractivity contribution is -0.386. The molecule has 0 radical (unpaired) electrons. The van der Waals surface area contributed by atoms with Crippen molar-refractivity contribution in [1.82, 2.24) is 9.78 Å². The molecule has 6 nitrogen and oxygen atoms in total. The van der Waals surface area contributed by atoms with E-state index < -0.39 is 16.7 Å². The maximum Gasteiger partial charge on any atom is 0.312 e. The Hall–Kier alpha value is -3.35. The van der Waals surface area contributed by atoms with Gasteiger partial charge in [0.15, 0.2) is 5.78 Å². The van der Waals surface area contributed by atoms with Crippen LogP contribution in [-0.4, -0.2) is 20.5 Å². The average molecular weight is 381 g/mol. The van der Waals surface area contributed by atoms with E-state index >= 15 is 0 Å². The number of aromatic nitrogens is 2. The van der Waals surface area contributed by atoms with Crippen LogP contribution < -0.4 is 0 Å². The fourth-order valence-corrected chi connectivity index (χ4v) is 3.26. The van der Waals surface area contributed by atoms with Gasteiger partial charge in [-0.15, -0.1) is 0 Å². The summed E-state index contributed by atoms with van der Waals surface area (Å²) in [4.78, 5) is 24.0. The minimum atomic E-state index is -0.652. The second-order valence-corrected chi connectivity index (χ2v) is 6.79. The quantitative estimate of drug-likeness (QED) is 0.357. The molecular formula is C21H20FN3O3. The van der Waals surface area contributed by atoms with E-state index in [9.17, 15) is 19.3 Å². The van der Waals surface area contributed by atoms with Crippen molar-refractivity contribution in [2.75, 3.05) is 0 Å². The molecule has 1 heterocycles. The predicted octanol–water partition coefficient (Wildman–Crippen LogP) is 4.52. The molecule has 0 unspecified atom stereocenters. The molecule has 0 saturated heterocycles. The Morgan fingerprint density at radius 1 is 1.11 bits per heavy atom. The lowest BCUT2D eigenvalue weighted by Gasteiger charge is -2.17. The highest BCUT2D eigenvalue weighted by Gasteiger charge is 2.27. The van der Waals surface area contributed by atoms with E-state index in [1.165, 1.54) is 16.8 Å². The first-order valence-corrected chi connectivity index (χ1v) is 8.82. The van der Waals surface area contributed by atoms with Crippen molar-refractivity contribution < 1.29 is 14.1 Å². The van der Waals surface area contributed by atoms with Gasteiger partial charge in [0, 0.05) is 5.56 Å². The van der Waals surface area contributed by atoms with Gasteiger partial charge in [0.1, 0.15) is 17.2 Å². The average Bonchev–Trinajstić information content (AvgIpc) is 2.94. The summed E-state index contributed by atoms with van der Waals surface area (Å²) in [5.41, 5.74) is 2.80. The molecule has 0 aliphatic heterocycles. The lowest BCUT2D eigenvalue weighted by Crippen LogP contribution is -2.20. The predicted molar refractivity (Wildman–Crippen MR) is 103 cm³/mol. The summed E-state index contributed by atoms with van der Waals surface area (Å²) >= 11 is 0. The van der Waals surface area contributed by atoms with E-state index in [0.29, 0.717) is 22.5 Å². The molecule has 0 amide bonds. The van der Waals surface area contributed by atoms with Crippen LogP contribution in [0.3, 0.4) is 0 Å². The van der Waals surface area contributed by atoms with Crippen molar-refractivity contribution >= 4 is 11.5 Å². The van der Waals surface area contributed by atoms with Crippen molar-refractivity contribution in [3.63, 3.8) is 0 Å². The van der Waals surface area contributed by atoms with E-state index in [0.717, 1.165) is 5.56 Å². The summed E-state index contributed by atoms with van der Waals surface area (Å²) in [6.07, 6.45) is 0. The number of halogens is 1. The third kappa shape index (κ3) is 3.83. The Kier molecular flexibility index (Phi) is 5.35. The van der Waals surface area contributed by atoms with Crippen molar-refractivity contribution in [2.24, 2.45) is 0 Å². The number of hydrogen-bond acceptors (Lipinski definition) is 4. The number of hydrogen-bond donors (Lipinski definition) is 0. The number of aryl methyl sites for hydroxylation is 2. The van der Waals surface area contributed by atoms with Crippen LogP contribution in [0.5, 0.6) is 0 Å². The first-order valence-electron chi connectivity index (χ1n) is 8.82. The minimum Gasteiger partial charge on any atom is -0.293 e. The summed E-state index contributed by atoms with van der Waals surface area (Å²) in [5.74, 6) is -1.20. The largest absolute Gasteiger partial charge is 0.312 e. The Morgan fingerprint density at radius 3 is 2.25 bits per heavy atom. The summed E-state index contributed by atoms with van der Waals surface area (Å²) in [6.45, 7) is 5.23. The van der Waals surface area contributed by atoms with Gasteiger partial charge >= 0.3 is 5.69 Å². The highest BCUT2D eigenvalue weighted by Crippen LogP contribution is 2.28. The molecule has 144 valence electrons. The van der Waals surface area contributed by atoms with Crippen LogP contribution in [0, 0.1) is 36.7 Å². The number of benzene rings is 2. The minimum absolute atomic E-state index is 0.0550. The molecule has 0 saturated carbocycles. The van der Waals surface area contributed by atoms with Crippen LogP contribution in [0.1, 0.15) is 38.8 Å². The number of rotatable bonds is 6. The molecule has 0 spiro atoms. The molecular weight excluding hydrogens is 361 g/mol. The van der Waals surface area contributed by atoms with Gasteiger partial charge in [-0.1, -0.05) is 42.0 Å². The van der Waals surface area contributed by atoms with Gasteiger partial charge in [-0.3, -0.25) is 19.6 Å². The van der Waals surface area contributed by atoms with Crippen LogP contribution in [-0.2, 0) is 6.54 Å². The number of carbonyl (C=O) groups is 1. The summed E-state index contributed by atoms with van der Waals surface area (Å²) in [7, 11) is 0. The Morgan fingerprint density at radius 2 is 1.71 bits per heavy atom. The van der Waals surface area contributed by atoms with E-state index in [2.05, 4.69) is 5.10 Å². The summed E-state index contributed by atoms with van der Waals surface area (Å²) in [5, 5.41) is 15.5. The molecule has 1 aromatic heterocycles. The van der Waals surface area contributed by atoms with Crippen molar-refractivity contribution in [1.29, 1.82) is 0 Å². The van der Waals surface area contributed by atoms with Crippen molar-refractivity contribution in [3.8, 4) is 0 Å².